The summed E-state index contributed by atoms with van der Waals surface area (Å²) in [7, 11) is 0. The standard InChI is InChI=1S/C19H29N3O/c1-15-6-4-5-7-19(15)21-12-13-22(16(2)14-21)18-8-10-20(11-9-18)17(3)23/h4-7,16,18H,8-14H2,1-3H3/t16-/m0/s1. The highest BCUT2D eigenvalue weighted by atomic mass is 16.2. The second-order valence-corrected chi connectivity index (χ2v) is 7.06. The fourth-order valence-electron chi connectivity index (χ4n) is 4.16. The maximum absolute atomic E-state index is 11.5. The number of rotatable bonds is 2. The van der Waals surface area contributed by atoms with Crippen LogP contribution in [0.25, 0.3) is 0 Å². The third kappa shape index (κ3) is 3.52. The van der Waals surface area contributed by atoms with Crippen LogP contribution in [0.3, 0.4) is 0 Å². The number of hydrogen-bond acceptors (Lipinski definition) is 3. The van der Waals surface area contributed by atoms with Crippen LogP contribution in [0.4, 0.5) is 5.69 Å². The number of likely N-dealkylation sites (tertiary alicyclic amines) is 1. The molecule has 1 aromatic rings. The Hall–Kier alpha value is -1.55. The monoisotopic (exact) mass is 315 g/mol. The van der Waals surface area contributed by atoms with Gasteiger partial charge in [0.1, 0.15) is 0 Å². The van der Waals surface area contributed by atoms with E-state index in [1.54, 1.807) is 6.92 Å². The zero-order valence-corrected chi connectivity index (χ0v) is 14.7. The molecule has 0 saturated carbocycles. The number of aryl methyl sites for hydroxylation is 1. The minimum atomic E-state index is 0.223. The van der Waals surface area contributed by atoms with Crippen molar-refractivity contribution in [2.45, 2.75) is 45.7 Å². The summed E-state index contributed by atoms with van der Waals surface area (Å²) in [6, 6.07) is 9.89. The van der Waals surface area contributed by atoms with Gasteiger partial charge in [-0.15, -0.1) is 0 Å². The van der Waals surface area contributed by atoms with Gasteiger partial charge in [0.2, 0.25) is 5.91 Å². The second kappa shape index (κ2) is 6.91. The molecule has 2 fully saturated rings. The molecule has 1 amide bonds. The van der Waals surface area contributed by atoms with Crippen LogP contribution in [0.2, 0.25) is 0 Å². The lowest BCUT2D eigenvalue weighted by atomic mass is 9.99. The van der Waals surface area contributed by atoms with Gasteiger partial charge in [0.25, 0.3) is 0 Å². The first-order valence-corrected chi connectivity index (χ1v) is 8.88. The molecule has 0 radical (unpaired) electrons. The number of piperidine rings is 1. The molecule has 23 heavy (non-hydrogen) atoms. The molecule has 126 valence electrons. The van der Waals surface area contributed by atoms with Gasteiger partial charge >= 0.3 is 0 Å². The fraction of sp³-hybridized carbons (Fsp3) is 0.632. The third-order valence-corrected chi connectivity index (χ3v) is 5.51. The Morgan fingerprint density at radius 3 is 2.39 bits per heavy atom. The quantitative estimate of drug-likeness (QED) is 0.839. The second-order valence-electron chi connectivity index (χ2n) is 7.06. The van der Waals surface area contributed by atoms with Gasteiger partial charge in [0, 0.05) is 57.4 Å². The highest BCUT2D eigenvalue weighted by molar-refractivity contribution is 5.73. The Balaban J connectivity index is 1.59. The molecule has 0 aliphatic carbocycles. The van der Waals surface area contributed by atoms with Crippen LogP contribution < -0.4 is 4.90 Å². The van der Waals surface area contributed by atoms with Crippen molar-refractivity contribution >= 4 is 11.6 Å². The van der Waals surface area contributed by atoms with Crippen LogP contribution in [0, 0.1) is 6.92 Å². The number of piperazine rings is 1. The van der Waals surface area contributed by atoms with Crippen LogP contribution in [-0.4, -0.2) is 60.5 Å². The smallest absolute Gasteiger partial charge is 0.219 e. The van der Waals surface area contributed by atoms with Crippen LogP contribution in [0.1, 0.15) is 32.3 Å². The molecule has 1 atom stereocenters. The summed E-state index contributed by atoms with van der Waals surface area (Å²) in [4.78, 5) is 18.7. The van der Waals surface area contributed by atoms with Gasteiger partial charge in [0.15, 0.2) is 0 Å². The van der Waals surface area contributed by atoms with E-state index < -0.39 is 0 Å². The molecule has 4 nitrogen and oxygen atoms in total. The maximum atomic E-state index is 11.5. The molecule has 0 N–H and O–H groups in total. The van der Waals surface area contributed by atoms with Gasteiger partial charge < -0.3 is 9.80 Å². The summed E-state index contributed by atoms with van der Waals surface area (Å²) < 4.78 is 0. The molecule has 3 rings (SSSR count). The number of hydrogen-bond donors (Lipinski definition) is 0. The van der Waals surface area contributed by atoms with Gasteiger partial charge in [-0.25, -0.2) is 0 Å². The molecule has 2 heterocycles. The summed E-state index contributed by atoms with van der Waals surface area (Å²) in [6.07, 6.45) is 2.24. The van der Waals surface area contributed by atoms with E-state index in [9.17, 15) is 4.79 Å². The number of carbonyl (C=O) groups excluding carboxylic acids is 1. The Labute approximate surface area is 140 Å². The van der Waals surface area contributed by atoms with Crippen LogP contribution >= 0.6 is 0 Å². The third-order valence-electron chi connectivity index (χ3n) is 5.51. The Bertz CT molecular complexity index is 551. The van der Waals surface area contributed by atoms with E-state index in [2.05, 4.69) is 47.9 Å². The minimum absolute atomic E-state index is 0.223. The Morgan fingerprint density at radius 2 is 1.78 bits per heavy atom. The molecule has 0 unspecified atom stereocenters. The van der Waals surface area contributed by atoms with E-state index >= 15 is 0 Å². The summed E-state index contributed by atoms with van der Waals surface area (Å²) in [6.45, 7) is 11.4. The normalized spacial score (nSPS) is 24.0. The Kier molecular flexibility index (Phi) is 4.90. The first-order chi connectivity index (χ1) is 11.1. The van der Waals surface area contributed by atoms with Gasteiger partial charge in [-0.05, 0) is 38.3 Å². The van der Waals surface area contributed by atoms with E-state index in [0.29, 0.717) is 12.1 Å². The van der Waals surface area contributed by atoms with Crippen LogP contribution in [0.15, 0.2) is 24.3 Å². The first kappa shape index (κ1) is 16.3. The molecule has 1 aromatic carbocycles. The van der Waals surface area contributed by atoms with Gasteiger partial charge in [0.05, 0.1) is 0 Å². The number of nitrogens with zero attached hydrogens (tertiary/aromatic N) is 3. The zero-order valence-electron chi connectivity index (χ0n) is 14.7. The summed E-state index contributed by atoms with van der Waals surface area (Å²) in [5.74, 6) is 0.223. The molecule has 0 bridgehead atoms. The van der Waals surface area contributed by atoms with Crippen LogP contribution in [-0.2, 0) is 4.79 Å². The van der Waals surface area contributed by atoms with Crippen molar-refractivity contribution in [2.24, 2.45) is 0 Å². The highest BCUT2D eigenvalue weighted by Crippen LogP contribution is 2.26. The lowest BCUT2D eigenvalue weighted by Crippen LogP contribution is -2.57. The van der Waals surface area contributed by atoms with E-state index in [-0.39, 0.29) is 5.91 Å². The molecule has 2 aliphatic heterocycles. The molecular formula is C19H29N3O. The molecule has 4 heteroatoms. The predicted molar refractivity (Wildman–Crippen MR) is 94.8 cm³/mol. The lowest BCUT2D eigenvalue weighted by molar-refractivity contribution is -0.130. The van der Waals surface area contributed by atoms with Crippen molar-refractivity contribution in [1.82, 2.24) is 9.80 Å². The average molecular weight is 315 g/mol. The lowest BCUT2D eigenvalue weighted by Gasteiger charge is -2.47. The summed E-state index contributed by atoms with van der Waals surface area (Å²) >= 11 is 0. The number of benzene rings is 1. The molecular weight excluding hydrogens is 286 g/mol. The highest BCUT2D eigenvalue weighted by Gasteiger charge is 2.32. The topological polar surface area (TPSA) is 26.8 Å². The van der Waals surface area contributed by atoms with Crippen molar-refractivity contribution in [3.63, 3.8) is 0 Å². The number of amides is 1. The minimum Gasteiger partial charge on any atom is -0.368 e. The Morgan fingerprint density at radius 1 is 1.09 bits per heavy atom. The van der Waals surface area contributed by atoms with E-state index in [4.69, 9.17) is 0 Å². The van der Waals surface area contributed by atoms with Crippen molar-refractivity contribution in [2.75, 3.05) is 37.6 Å². The largest absolute Gasteiger partial charge is 0.368 e. The van der Waals surface area contributed by atoms with Gasteiger partial charge in [-0.2, -0.15) is 0 Å². The number of carbonyl (C=O) groups is 1. The van der Waals surface area contributed by atoms with Crippen molar-refractivity contribution < 1.29 is 4.79 Å². The van der Waals surface area contributed by atoms with Crippen molar-refractivity contribution in [3.8, 4) is 0 Å². The predicted octanol–water partition coefficient (Wildman–Crippen LogP) is 2.52. The molecule has 0 spiro atoms. The molecule has 2 saturated heterocycles. The maximum Gasteiger partial charge on any atom is 0.219 e. The SMILES string of the molecule is CC(=O)N1CCC(N2CCN(c3ccccc3C)C[C@@H]2C)CC1. The summed E-state index contributed by atoms with van der Waals surface area (Å²) in [5.41, 5.74) is 2.74. The summed E-state index contributed by atoms with van der Waals surface area (Å²) in [5, 5.41) is 0. The van der Waals surface area contributed by atoms with E-state index in [0.717, 1.165) is 45.6 Å². The number of para-hydroxylation sites is 1. The van der Waals surface area contributed by atoms with Gasteiger partial charge in [-0.3, -0.25) is 9.69 Å². The fourth-order valence-corrected chi connectivity index (χ4v) is 4.16. The van der Waals surface area contributed by atoms with Crippen LogP contribution in [0.5, 0.6) is 0 Å². The molecule has 0 aromatic heterocycles. The molecule has 2 aliphatic rings. The van der Waals surface area contributed by atoms with Gasteiger partial charge in [-0.1, -0.05) is 18.2 Å². The van der Waals surface area contributed by atoms with E-state index in [1.807, 2.05) is 4.90 Å². The van der Waals surface area contributed by atoms with Crippen molar-refractivity contribution in [3.05, 3.63) is 29.8 Å². The zero-order chi connectivity index (χ0) is 16.4. The van der Waals surface area contributed by atoms with Crippen molar-refractivity contribution in [1.29, 1.82) is 0 Å². The first-order valence-electron chi connectivity index (χ1n) is 8.88. The van der Waals surface area contributed by atoms with E-state index in [1.165, 1.54) is 11.3 Å². The average Bonchev–Trinajstić information content (AvgIpc) is 2.55. The number of anilines is 1.